The van der Waals surface area contributed by atoms with Crippen molar-refractivity contribution < 1.29 is 28.6 Å². The van der Waals surface area contributed by atoms with E-state index in [1.807, 2.05) is 13.8 Å². The fraction of sp³-hybridized carbons (Fsp3) is 0.591. The minimum absolute atomic E-state index is 0.0115. The van der Waals surface area contributed by atoms with Gasteiger partial charge in [0, 0.05) is 24.1 Å². The van der Waals surface area contributed by atoms with E-state index in [1.165, 1.54) is 26.4 Å². The molecule has 0 aliphatic heterocycles. The van der Waals surface area contributed by atoms with Crippen LogP contribution in [-0.2, 0) is 14.3 Å². The molecule has 0 aromatic heterocycles. The van der Waals surface area contributed by atoms with Crippen LogP contribution in [-0.4, -0.2) is 44.7 Å². The number of rotatable bonds is 9. The lowest BCUT2D eigenvalue weighted by atomic mass is 9.88. The van der Waals surface area contributed by atoms with E-state index in [-0.39, 0.29) is 35.0 Å². The lowest BCUT2D eigenvalue weighted by Crippen LogP contribution is -2.35. The average molecular weight is 421 g/mol. The molecule has 1 aromatic carbocycles. The fourth-order valence-electron chi connectivity index (χ4n) is 3.38. The predicted molar refractivity (Wildman–Crippen MR) is 113 cm³/mol. The van der Waals surface area contributed by atoms with Gasteiger partial charge < -0.3 is 24.8 Å². The standard InChI is InChI=1S/C22H32N2O6/c1-5-14(2)23-20(25)13-30-22(27)16-11-18(28-3)19(29-4)12-17(16)24-21(26)15-9-7-6-8-10-15/h11-12,14-15H,5-10,13H2,1-4H3,(H,23,25)(H,24,26)/t14-/m1/s1. The minimum atomic E-state index is -0.728. The lowest BCUT2D eigenvalue weighted by Gasteiger charge is -2.22. The number of amides is 2. The van der Waals surface area contributed by atoms with Gasteiger partial charge in [-0.05, 0) is 26.2 Å². The molecule has 166 valence electrons. The third-order valence-corrected chi connectivity index (χ3v) is 5.33. The molecule has 8 nitrogen and oxygen atoms in total. The summed E-state index contributed by atoms with van der Waals surface area (Å²) in [7, 11) is 2.93. The summed E-state index contributed by atoms with van der Waals surface area (Å²) in [6, 6.07) is 2.97. The monoisotopic (exact) mass is 420 g/mol. The summed E-state index contributed by atoms with van der Waals surface area (Å²) < 4.78 is 15.7. The first-order valence-electron chi connectivity index (χ1n) is 10.4. The minimum Gasteiger partial charge on any atom is -0.493 e. The zero-order valence-electron chi connectivity index (χ0n) is 18.2. The van der Waals surface area contributed by atoms with Crippen LogP contribution in [0.15, 0.2) is 12.1 Å². The van der Waals surface area contributed by atoms with Crippen LogP contribution in [0, 0.1) is 5.92 Å². The smallest absolute Gasteiger partial charge is 0.340 e. The van der Waals surface area contributed by atoms with Crippen LogP contribution >= 0.6 is 0 Å². The second kappa shape index (κ2) is 11.4. The van der Waals surface area contributed by atoms with Gasteiger partial charge in [-0.2, -0.15) is 0 Å². The van der Waals surface area contributed by atoms with E-state index in [1.54, 1.807) is 0 Å². The number of ether oxygens (including phenoxy) is 3. The number of methoxy groups -OCH3 is 2. The number of esters is 1. The van der Waals surface area contributed by atoms with E-state index in [9.17, 15) is 14.4 Å². The van der Waals surface area contributed by atoms with Crippen molar-refractivity contribution in [1.82, 2.24) is 5.32 Å². The molecular formula is C22H32N2O6. The highest BCUT2D eigenvalue weighted by atomic mass is 16.5. The highest BCUT2D eigenvalue weighted by Gasteiger charge is 2.25. The van der Waals surface area contributed by atoms with Gasteiger partial charge in [0.1, 0.15) is 0 Å². The Bertz CT molecular complexity index is 758. The molecule has 0 spiro atoms. The lowest BCUT2D eigenvalue weighted by molar-refractivity contribution is -0.125. The van der Waals surface area contributed by atoms with Crippen molar-refractivity contribution in [2.75, 3.05) is 26.1 Å². The van der Waals surface area contributed by atoms with Gasteiger partial charge in [-0.15, -0.1) is 0 Å². The molecule has 2 rings (SSSR count). The average Bonchev–Trinajstić information content (AvgIpc) is 2.77. The number of hydrogen-bond acceptors (Lipinski definition) is 6. The molecule has 1 aliphatic rings. The van der Waals surface area contributed by atoms with Crippen molar-refractivity contribution in [3.8, 4) is 11.5 Å². The maximum absolute atomic E-state index is 12.7. The molecule has 2 N–H and O–H groups in total. The maximum Gasteiger partial charge on any atom is 0.340 e. The Kier molecular flexibility index (Phi) is 8.95. The molecule has 0 unspecified atom stereocenters. The Balaban J connectivity index is 2.19. The van der Waals surface area contributed by atoms with E-state index in [2.05, 4.69) is 10.6 Å². The van der Waals surface area contributed by atoms with Crippen LogP contribution in [0.1, 0.15) is 62.7 Å². The molecule has 1 saturated carbocycles. The van der Waals surface area contributed by atoms with Crippen LogP contribution in [0.2, 0.25) is 0 Å². The first kappa shape index (κ1) is 23.5. The summed E-state index contributed by atoms with van der Waals surface area (Å²) in [5, 5.41) is 5.58. The van der Waals surface area contributed by atoms with Gasteiger partial charge in [0.25, 0.3) is 5.91 Å². The molecule has 1 atom stereocenters. The number of carbonyl (C=O) groups is 3. The summed E-state index contributed by atoms with van der Waals surface area (Å²) in [4.78, 5) is 37.4. The largest absolute Gasteiger partial charge is 0.493 e. The predicted octanol–water partition coefficient (Wildman–Crippen LogP) is 3.29. The molecular weight excluding hydrogens is 388 g/mol. The number of hydrogen-bond donors (Lipinski definition) is 2. The topological polar surface area (TPSA) is 103 Å². The second-order valence-corrected chi connectivity index (χ2v) is 7.53. The molecule has 1 aliphatic carbocycles. The van der Waals surface area contributed by atoms with E-state index in [0.29, 0.717) is 11.5 Å². The zero-order valence-corrected chi connectivity index (χ0v) is 18.2. The third-order valence-electron chi connectivity index (χ3n) is 5.33. The van der Waals surface area contributed by atoms with E-state index in [0.717, 1.165) is 38.5 Å². The summed E-state index contributed by atoms with van der Waals surface area (Å²) in [6.07, 6.45) is 5.60. The van der Waals surface area contributed by atoms with Gasteiger partial charge in [-0.25, -0.2) is 4.79 Å². The van der Waals surface area contributed by atoms with Gasteiger partial charge in [-0.1, -0.05) is 26.2 Å². The molecule has 2 amide bonds. The van der Waals surface area contributed by atoms with Gasteiger partial charge >= 0.3 is 5.97 Å². The van der Waals surface area contributed by atoms with Crippen molar-refractivity contribution in [2.24, 2.45) is 5.92 Å². The summed E-state index contributed by atoms with van der Waals surface area (Å²) in [5.41, 5.74) is 0.378. The summed E-state index contributed by atoms with van der Waals surface area (Å²) in [6.45, 7) is 3.41. The molecule has 0 saturated heterocycles. The molecule has 8 heteroatoms. The van der Waals surface area contributed by atoms with Gasteiger partial charge in [-0.3, -0.25) is 9.59 Å². The quantitative estimate of drug-likeness (QED) is 0.594. The van der Waals surface area contributed by atoms with Crippen LogP contribution in [0.25, 0.3) is 0 Å². The summed E-state index contributed by atoms with van der Waals surface area (Å²) >= 11 is 0. The molecule has 1 aromatic rings. The van der Waals surface area contributed by atoms with Crippen molar-refractivity contribution in [1.29, 1.82) is 0 Å². The van der Waals surface area contributed by atoms with Gasteiger partial charge in [0.15, 0.2) is 18.1 Å². The Morgan fingerprint density at radius 2 is 1.70 bits per heavy atom. The fourth-order valence-corrected chi connectivity index (χ4v) is 3.38. The Morgan fingerprint density at radius 1 is 1.07 bits per heavy atom. The Hall–Kier alpha value is -2.77. The highest BCUT2D eigenvalue weighted by molar-refractivity contribution is 6.03. The van der Waals surface area contributed by atoms with Gasteiger partial charge in [0.2, 0.25) is 5.91 Å². The van der Waals surface area contributed by atoms with Crippen LogP contribution < -0.4 is 20.1 Å². The molecule has 0 bridgehead atoms. The van der Waals surface area contributed by atoms with Crippen LogP contribution in [0.5, 0.6) is 11.5 Å². The van der Waals surface area contributed by atoms with Crippen molar-refractivity contribution in [2.45, 2.75) is 58.4 Å². The van der Waals surface area contributed by atoms with Crippen LogP contribution in [0.4, 0.5) is 5.69 Å². The number of carbonyl (C=O) groups excluding carboxylic acids is 3. The molecule has 1 fully saturated rings. The normalized spacial score (nSPS) is 15.1. The SMILES string of the molecule is CC[C@@H](C)NC(=O)COC(=O)c1cc(OC)c(OC)cc1NC(=O)C1CCCCC1. The van der Waals surface area contributed by atoms with Crippen molar-refractivity contribution >= 4 is 23.5 Å². The van der Waals surface area contributed by atoms with E-state index < -0.39 is 12.6 Å². The second-order valence-electron chi connectivity index (χ2n) is 7.53. The molecule has 0 radical (unpaired) electrons. The van der Waals surface area contributed by atoms with Crippen molar-refractivity contribution in [3.05, 3.63) is 17.7 Å². The van der Waals surface area contributed by atoms with Crippen molar-refractivity contribution in [3.63, 3.8) is 0 Å². The third kappa shape index (κ3) is 6.37. The Morgan fingerprint density at radius 3 is 2.30 bits per heavy atom. The Labute approximate surface area is 177 Å². The van der Waals surface area contributed by atoms with Gasteiger partial charge in [0.05, 0.1) is 25.5 Å². The number of nitrogens with one attached hydrogen (secondary N) is 2. The summed E-state index contributed by atoms with van der Waals surface area (Å²) in [5.74, 6) is -0.630. The highest BCUT2D eigenvalue weighted by Crippen LogP contribution is 2.34. The first-order chi connectivity index (χ1) is 14.4. The first-order valence-corrected chi connectivity index (χ1v) is 10.4. The number of anilines is 1. The van der Waals surface area contributed by atoms with E-state index in [4.69, 9.17) is 14.2 Å². The number of benzene rings is 1. The molecule has 0 heterocycles. The van der Waals surface area contributed by atoms with E-state index >= 15 is 0 Å². The molecule has 30 heavy (non-hydrogen) atoms. The zero-order chi connectivity index (χ0) is 22.1. The van der Waals surface area contributed by atoms with Crippen LogP contribution in [0.3, 0.4) is 0 Å². The maximum atomic E-state index is 12.7.